The highest BCUT2D eigenvalue weighted by atomic mass is 16.6. The van der Waals surface area contributed by atoms with Gasteiger partial charge in [-0.3, -0.25) is 10.6 Å². The number of urea groups is 2. The molecule has 18 nitrogen and oxygen atoms in total. The van der Waals surface area contributed by atoms with E-state index in [0.717, 1.165) is 52.1 Å². The number of benzene rings is 7. The monoisotopic (exact) mass is 1040 g/mol. The fraction of sp³-hybridized carbons (Fsp3) is 0.153. The lowest BCUT2D eigenvalue weighted by Crippen LogP contribution is -2.24. The number of furan rings is 2. The standard InChI is InChI=1S/C49H50N6O6.C10H2O6/c1-34-5-7-35(8-6-34)31-39-15-25-44(26-16-39)54-48(58)60-29-3-4-30-61-49(59)55-45-27-17-40(18-28-45)33-38-13-23-43(24-14-38)53-47(57)52-42-21-11-37(12-22-42)32-36-9-19-41(20-10-36)51-46(56)50-2;11-7-3-1-4-6(10(14)16-8(4)12)2-5(3)9(13)15-7/h5-28H,3-4,29-33H2,1-2H3,(H,54,58)(H,55,59)(H2,50,51,56)(H2,52,53,57);1-2H. The largest absolute Gasteiger partial charge is 0.449 e. The first kappa shape index (κ1) is 53.2. The van der Waals surface area contributed by atoms with E-state index < -0.39 is 34.7 Å². The Hall–Kier alpha value is -10.1. The second kappa shape index (κ2) is 25.2. The normalized spacial score (nSPS) is 10.7. The minimum Gasteiger partial charge on any atom is -0.449 e. The SMILES string of the molecule is CNC(=O)Nc1ccc(Cc2ccc(NC(=O)Nc3ccc(Cc4ccc(NC(=O)OCCCCOC(=O)Nc5ccc(Cc6ccc(C)cc6)cc5)cc4)cc3)cc2)cc1.O=c1oc(=O)c2cc3c(=O)oc(=O)c3cc12. The molecule has 0 unspecified atom stereocenters. The number of rotatable bonds is 16. The zero-order valence-corrected chi connectivity index (χ0v) is 41.9. The zero-order chi connectivity index (χ0) is 54.3. The maximum absolute atomic E-state index is 12.7. The van der Waals surface area contributed by atoms with Gasteiger partial charge in [0.05, 0.1) is 34.8 Å². The summed E-state index contributed by atoms with van der Waals surface area (Å²) < 4.78 is 19.2. The predicted molar refractivity (Wildman–Crippen MR) is 295 cm³/mol. The molecule has 390 valence electrons. The lowest BCUT2D eigenvalue weighted by molar-refractivity contribution is 0.143. The third-order valence-electron chi connectivity index (χ3n) is 12.0. The Balaban J connectivity index is 0.000000413. The van der Waals surface area contributed by atoms with Crippen molar-refractivity contribution in [1.29, 1.82) is 0 Å². The molecule has 77 heavy (non-hydrogen) atoms. The first-order chi connectivity index (χ1) is 37.2. The van der Waals surface area contributed by atoms with Gasteiger partial charge in [0.2, 0.25) is 0 Å². The van der Waals surface area contributed by atoms with Gasteiger partial charge < -0.3 is 39.6 Å². The van der Waals surface area contributed by atoms with Gasteiger partial charge in [0.15, 0.2) is 0 Å². The van der Waals surface area contributed by atoms with Crippen LogP contribution in [0.5, 0.6) is 0 Å². The third-order valence-corrected chi connectivity index (χ3v) is 12.0. The van der Waals surface area contributed by atoms with Gasteiger partial charge in [0.25, 0.3) is 0 Å². The fourth-order valence-electron chi connectivity index (χ4n) is 7.93. The van der Waals surface area contributed by atoms with Crippen molar-refractivity contribution >= 4 is 74.2 Å². The van der Waals surface area contributed by atoms with E-state index >= 15 is 0 Å². The van der Waals surface area contributed by atoms with Crippen LogP contribution in [0.25, 0.3) is 21.5 Å². The average Bonchev–Trinajstić information content (AvgIpc) is 3.92. The highest BCUT2D eigenvalue weighted by molar-refractivity contribution is 6.00. The maximum Gasteiger partial charge on any atom is 0.411 e. The highest BCUT2D eigenvalue weighted by Gasteiger charge is 2.16. The van der Waals surface area contributed by atoms with Gasteiger partial charge in [0, 0.05) is 35.5 Å². The molecule has 0 aliphatic heterocycles. The van der Waals surface area contributed by atoms with Crippen molar-refractivity contribution in [2.45, 2.75) is 39.0 Å². The van der Waals surface area contributed by atoms with E-state index in [2.05, 4.69) is 71.9 Å². The minimum atomic E-state index is -0.824. The van der Waals surface area contributed by atoms with Crippen molar-refractivity contribution < 1.29 is 37.5 Å². The number of nitrogens with one attached hydrogen (secondary N) is 6. The molecule has 0 aliphatic carbocycles. The Morgan fingerprint density at radius 3 is 0.922 bits per heavy atom. The van der Waals surface area contributed by atoms with Crippen molar-refractivity contribution in [2.75, 3.05) is 46.8 Å². The number of hydrogen-bond acceptors (Lipinski definition) is 12. The first-order valence-electron chi connectivity index (χ1n) is 24.4. The van der Waals surface area contributed by atoms with Gasteiger partial charge in [-0.05, 0) is 145 Å². The molecule has 0 saturated carbocycles. The van der Waals surface area contributed by atoms with Gasteiger partial charge >= 0.3 is 46.8 Å². The van der Waals surface area contributed by atoms with Crippen LogP contribution in [0.1, 0.15) is 51.8 Å². The van der Waals surface area contributed by atoms with Crippen molar-refractivity contribution in [1.82, 2.24) is 5.32 Å². The van der Waals surface area contributed by atoms with E-state index in [-0.39, 0.29) is 46.8 Å². The third kappa shape index (κ3) is 15.2. The second-order valence-electron chi connectivity index (χ2n) is 17.8. The van der Waals surface area contributed by atoms with E-state index in [1.54, 1.807) is 7.05 Å². The van der Waals surface area contributed by atoms with Crippen LogP contribution < -0.4 is 54.4 Å². The fourth-order valence-corrected chi connectivity index (χ4v) is 7.93. The number of unbranched alkanes of at least 4 members (excludes halogenated alkanes) is 1. The molecule has 2 aromatic heterocycles. The molecule has 0 spiro atoms. The number of anilines is 5. The molecule has 0 fully saturated rings. The molecular weight excluding hydrogens is 985 g/mol. The summed E-state index contributed by atoms with van der Waals surface area (Å²) in [5.74, 6) is 0. The summed E-state index contributed by atoms with van der Waals surface area (Å²) in [6.07, 6.45) is 2.20. The predicted octanol–water partition coefficient (Wildman–Crippen LogP) is 10.2. The van der Waals surface area contributed by atoms with Crippen LogP contribution in [-0.4, -0.2) is 44.5 Å². The first-order valence-corrected chi connectivity index (χ1v) is 24.4. The van der Waals surface area contributed by atoms with Crippen LogP contribution in [0, 0.1) is 6.92 Å². The molecule has 7 aromatic carbocycles. The van der Waals surface area contributed by atoms with Crippen molar-refractivity contribution in [3.05, 3.63) is 238 Å². The Kier molecular flexibility index (Phi) is 17.4. The molecule has 0 bridgehead atoms. The second-order valence-corrected chi connectivity index (χ2v) is 17.8. The van der Waals surface area contributed by atoms with Crippen molar-refractivity contribution in [2.24, 2.45) is 0 Å². The quantitative estimate of drug-likeness (QED) is 0.0494. The summed E-state index contributed by atoms with van der Waals surface area (Å²) >= 11 is 0. The van der Waals surface area contributed by atoms with Crippen LogP contribution in [0.4, 0.5) is 47.6 Å². The molecule has 9 rings (SSSR count). The van der Waals surface area contributed by atoms with Gasteiger partial charge in [-0.2, -0.15) is 0 Å². The van der Waals surface area contributed by atoms with Gasteiger partial charge in [-0.25, -0.2) is 38.4 Å². The summed E-state index contributed by atoms with van der Waals surface area (Å²) in [5, 5.41) is 16.4. The van der Waals surface area contributed by atoms with Crippen molar-refractivity contribution in [3.63, 3.8) is 0 Å². The molecule has 9 aromatic rings. The number of ether oxygens (including phenoxy) is 2. The van der Waals surface area contributed by atoms with E-state index in [9.17, 15) is 38.4 Å². The summed E-state index contributed by atoms with van der Waals surface area (Å²) in [6.45, 7) is 2.46. The van der Waals surface area contributed by atoms with Crippen LogP contribution in [0.15, 0.2) is 186 Å². The van der Waals surface area contributed by atoms with Gasteiger partial charge in [-0.1, -0.05) is 90.5 Å². The molecule has 0 saturated heterocycles. The topological polar surface area (TPSA) is 253 Å². The van der Waals surface area contributed by atoms with Crippen LogP contribution in [-0.2, 0) is 28.7 Å². The number of amides is 6. The van der Waals surface area contributed by atoms with E-state index in [1.165, 1.54) is 11.1 Å². The van der Waals surface area contributed by atoms with E-state index in [1.807, 2.05) is 121 Å². The molecule has 6 N–H and O–H groups in total. The summed E-state index contributed by atoms with van der Waals surface area (Å²) in [5.41, 5.74) is 7.93. The van der Waals surface area contributed by atoms with E-state index in [4.69, 9.17) is 9.47 Å². The molecule has 2 heterocycles. The number of carbonyl (C=O) groups excluding carboxylic acids is 4. The number of carbonyl (C=O) groups is 4. The maximum atomic E-state index is 12.7. The molecular formula is C59H52N6O12. The Labute approximate surface area is 439 Å². The Morgan fingerprint density at radius 2 is 0.636 bits per heavy atom. The summed E-state index contributed by atoms with van der Waals surface area (Å²) in [6, 6.07) is 48.2. The molecule has 18 heteroatoms. The van der Waals surface area contributed by atoms with Crippen molar-refractivity contribution in [3.8, 4) is 0 Å². The highest BCUT2D eigenvalue weighted by Crippen LogP contribution is 2.20. The Morgan fingerprint density at radius 1 is 0.377 bits per heavy atom. The number of fused-ring (bicyclic) bond motifs is 2. The van der Waals surface area contributed by atoms with Crippen LogP contribution in [0.3, 0.4) is 0 Å². The van der Waals surface area contributed by atoms with E-state index in [0.29, 0.717) is 48.4 Å². The lowest BCUT2D eigenvalue weighted by atomic mass is 10.0. The number of aryl methyl sites for hydroxylation is 1. The minimum absolute atomic E-state index is 0.0181. The Bertz CT molecular complexity index is 3570. The molecule has 0 aliphatic rings. The molecule has 6 amide bonds. The van der Waals surface area contributed by atoms with Gasteiger partial charge in [-0.15, -0.1) is 0 Å². The number of hydrogen-bond donors (Lipinski definition) is 6. The zero-order valence-electron chi connectivity index (χ0n) is 41.9. The average molecular weight is 1040 g/mol. The van der Waals surface area contributed by atoms with Crippen LogP contribution in [0.2, 0.25) is 0 Å². The molecule has 0 radical (unpaired) electrons. The summed E-state index contributed by atoms with van der Waals surface area (Å²) in [4.78, 5) is 93.4. The smallest absolute Gasteiger partial charge is 0.411 e. The lowest BCUT2D eigenvalue weighted by Gasteiger charge is -2.10. The molecule has 0 atom stereocenters. The summed E-state index contributed by atoms with van der Waals surface area (Å²) in [7, 11) is 1.57. The van der Waals surface area contributed by atoms with Crippen LogP contribution >= 0.6 is 0 Å². The van der Waals surface area contributed by atoms with Gasteiger partial charge in [0.1, 0.15) is 0 Å².